The first-order valence-corrected chi connectivity index (χ1v) is 8.08. The number of carbonyl (C=O) groups excluding carboxylic acids is 1. The molecule has 2 aliphatic rings. The van der Waals surface area contributed by atoms with Crippen LogP contribution >= 0.6 is 11.8 Å². The standard InChI is InChI=1S/C16H19N3O2S/c1-18(2)13-5-3-12(4-6-13)11-14-15(20)17-16(22-14)19-7-9-21-10-8-19/h3-6,11H,7-10H2,1-2H3/b14-11+. The second kappa shape index (κ2) is 6.54. The summed E-state index contributed by atoms with van der Waals surface area (Å²) in [4.78, 5) is 21.1. The molecule has 1 saturated heterocycles. The van der Waals surface area contributed by atoms with Crippen LogP contribution in [0.3, 0.4) is 0 Å². The van der Waals surface area contributed by atoms with Crippen LogP contribution in [0.4, 0.5) is 5.69 Å². The third-order valence-electron chi connectivity index (χ3n) is 3.60. The van der Waals surface area contributed by atoms with Crippen molar-refractivity contribution in [2.24, 2.45) is 4.99 Å². The number of amidine groups is 1. The average molecular weight is 317 g/mol. The Hall–Kier alpha value is -1.79. The normalized spacial score (nSPS) is 20.5. The van der Waals surface area contributed by atoms with Gasteiger partial charge in [-0.05, 0) is 35.5 Å². The molecule has 22 heavy (non-hydrogen) atoms. The minimum absolute atomic E-state index is 0.150. The Kier molecular flexibility index (Phi) is 4.49. The van der Waals surface area contributed by atoms with E-state index < -0.39 is 0 Å². The van der Waals surface area contributed by atoms with Crippen LogP contribution in [0.15, 0.2) is 34.2 Å². The lowest BCUT2D eigenvalue weighted by Crippen LogP contribution is -2.38. The second-order valence-corrected chi connectivity index (χ2v) is 6.40. The average Bonchev–Trinajstić information content (AvgIpc) is 2.90. The number of rotatable bonds is 2. The Morgan fingerprint density at radius 2 is 1.91 bits per heavy atom. The zero-order valence-electron chi connectivity index (χ0n) is 12.8. The van der Waals surface area contributed by atoms with E-state index in [1.807, 2.05) is 49.3 Å². The molecule has 2 heterocycles. The largest absolute Gasteiger partial charge is 0.378 e. The van der Waals surface area contributed by atoms with E-state index in [0.29, 0.717) is 18.1 Å². The second-order valence-electron chi connectivity index (χ2n) is 5.40. The van der Waals surface area contributed by atoms with Crippen molar-refractivity contribution >= 4 is 34.6 Å². The Morgan fingerprint density at radius 3 is 2.55 bits per heavy atom. The molecule has 3 rings (SSSR count). The maximum atomic E-state index is 12.1. The molecule has 6 heteroatoms. The number of hydrogen-bond acceptors (Lipinski definition) is 5. The summed E-state index contributed by atoms with van der Waals surface area (Å²) in [6.07, 6.45) is 1.91. The molecule has 0 bridgehead atoms. The number of nitrogens with zero attached hydrogens (tertiary/aromatic N) is 3. The van der Waals surface area contributed by atoms with E-state index in [4.69, 9.17) is 4.74 Å². The number of anilines is 1. The number of aliphatic imine (C=N–C) groups is 1. The van der Waals surface area contributed by atoms with Crippen LogP contribution in [0.2, 0.25) is 0 Å². The van der Waals surface area contributed by atoms with E-state index in [2.05, 4.69) is 9.89 Å². The van der Waals surface area contributed by atoms with Gasteiger partial charge in [-0.2, -0.15) is 4.99 Å². The Labute approximate surface area is 134 Å². The third-order valence-corrected chi connectivity index (χ3v) is 4.64. The summed E-state index contributed by atoms with van der Waals surface area (Å²) in [6, 6.07) is 8.12. The monoisotopic (exact) mass is 317 g/mol. The van der Waals surface area contributed by atoms with Gasteiger partial charge in [-0.15, -0.1) is 0 Å². The first kappa shape index (κ1) is 15.1. The van der Waals surface area contributed by atoms with Crippen LogP contribution in [0, 0.1) is 0 Å². The van der Waals surface area contributed by atoms with E-state index in [-0.39, 0.29) is 5.91 Å². The van der Waals surface area contributed by atoms with Gasteiger partial charge in [0.2, 0.25) is 0 Å². The molecule has 0 unspecified atom stereocenters. The van der Waals surface area contributed by atoms with Crippen molar-refractivity contribution < 1.29 is 9.53 Å². The first-order chi connectivity index (χ1) is 10.6. The van der Waals surface area contributed by atoms with E-state index in [1.54, 1.807) is 0 Å². The molecule has 1 aromatic carbocycles. The summed E-state index contributed by atoms with van der Waals surface area (Å²) in [5.41, 5.74) is 2.15. The number of carbonyl (C=O) groups is 1. The van der Waals surface area contributed by atoms with Gasteiger partial charge in [-0.25, -0.2) is 0 Å². The van der Waals surface area contributed by atoms with Crippen LogP contribution in [-0.4, -0.2) is 56.4 Å². The summed E-state index contributed by atoms with van der Waals surface area (Å²) < 4.78 is 5.33. The van der Waals surface area contributed by atoms with Gasteiger partial charge in [0.15, 0.2) is 5.17 Å². The van der Waals surface area contributed by atoms with Crippen molar-refractivity contribution in [3.8, 4) is 0 Å². The van der Waals surface area contributed by atoms with Gasteiger partial charge in [0.25, 0.3) is 5.91 Å². The van der Waals surface area contributed by atoms with Gasteiger partial charge in [0.1, 0.15) is 0 Å². The molecule has 1 amide bonds. The highest BCUT2D eigenvalue weighted by atomic mass is 32.2. The van der Waals surface area contributed by atoms with Gasteiger partial charge in [-0.1, -0.05) is 12.1 Å². The highest BCUT2D eigenvalue weighted by Crippen LogP contribution is 2.30. The van der Waals surface area contributed by atoms with E-state index in [9.17, 15) is 4.79 Å². The van der Waals surface area contributed by atoms with Crippen molar-refractivity contribution in [1.29, 1.82) is 0 Å². The fourth-order valence-corrected chi connectivity index (χ4v) is 3.27. The molecule has 0 spiro atoms. The van der Waals surface area contributed by atoms with Gasteiger partial charge < -0.3 is 14.5 Å². The van der Waals surface area contributed by atoms with E-state index in [1.165, 1.54) is 11.8 Å². The van der Waals surface area contributed by atoms with Crippen molar-refractivity contribution in [3.05, 3.63) is 34.7 Å². The lowest BCUT2D eigenvalue weighted by atomic mass is 10.2. The lowest BCUT2D eigenvalue weighted by Gasteiger charge is -2.27. The van der Waals surface area contributed by atoms with Gasteiger partial charge in [0, 0.05) is 32.9 Å². The Balaban J connectivity index is 1.71. The maximum absolute atomic E-state index is 12.1. The van der Waals surface area contributed by atoms with E-state index >= 15 is 0 Å². The van der Waals surface area contributed by atoms with Crippen LogP contribution < -0.4 is 4.90 Å². The Bertz CT molecular complexity index is 617. The van der Waals surface area contributed by atoms with Crippen molar-refractivity contribution in [3.63, 3.8) is 0 Å². The minimum atomic E-state index is -0.150. The molecule has 0 radical (unpaired) electrons. The number of thioether (sulfide) groups is 1. The molecular weight excluding hydrogens is 298 g/mol. The zero-order valence-corrected chi connectivity index (χ0v) is 13.6. The van der Waals surface area contributed by atoms with Crippen LogP contribution in [0.1, 0.15) is 5.56 Å². The Morgan fingerprint density at radius 1 is 1.23 bits per heavy atom. The molecule has 5 nitrogen and oxygen atoms in total. The predicted octanol–water partition coefficient (Wildman–Crippen LogP) is 2.06. The van der Waals surface area contributed by atoms with Crippen LogP contribution in [0.25, 0.3) is 6.08 Å². The number of morpholine rings is 1. The predicted molar refractivity (Wildman–Crippen MR) is 91.2 cm³/mol. The molecule has 0 aliphatic carbocycles. The van der Waals surface area contributed by atoms with Crippen LogP contribution in [-0.2, 0) is 9.53 Å². The third kappa shape index (κ3) is 3.34. The molecule has 1 fully saturated rings. The van der Waals surface area contributed by atoms with Crippen molar-refractivity contribution in [2.45, 2.75) is 0 Å². The van der Waals surface area contributed by atoms with Gasteiger partial charge in [-0.3, -0.25) is 4.79 Å². The van der Waals surface area contributed by atoms with E-state index in [0.717, 1.165) is 29.5 Å². The smallest absolute Gasteiger partial charge is 0.286 e. The summed E-state index contributed by atoms with van der Waals surface area (Å²) in [5.74, 6) is -0.150. The molecule has 0 N–H and O–H groups in total. The highest BCUT2D eigenvalue weighted by molar-refractivity contribution is 8.18. The highest BCUT2D eigenvalue weighted by Gasteiger charge is 2.26. The summed E-state index contributed by atoms with van der Waals surface area (Å²) in [7, 11) is 4.01. The summed E-state index contributed by atoms with van der Waals surface area (Å²) in [5, 5.41) is 0.796. The zero-order chi connectivity index (χ0) is 15.5. The van der Waals surface area contributed by atoms with Crippen molar-refractivity contribution in [2.75, 3.05) is 45.3 Å². The molecule has 0 aromatic heterocycles. The lowest BCUT2D eigenvalue weighted by molar-refractivity contribution is -0.113. The summed E-state index contributed by atoms with van der Waals surface area (Å²) in [6.45, 7) is 2.98. The van der Waals surface area contributed by atoms with Crippen LogP contribution in [0.5, 0.6) is 0 Å². The number of amides is 1. The fourth-order valence-electron chi connectivity index (χ4n) is 2.31. The number of benzene rings is 1. The number of ether oxygens (including phenoxy) is 1. The number of hydrogen-bond donors (Lipinski definition) is 0. The summed E-state index contributed by atoms with van der Waals surface area (Å²) >= 11 is 1.45. The topological polar surface area (TPSA) is 45.1 Å². The fraction of sp³-hybridized carbons (Fsp3) is 0.375. The molecule has 1 aromatic rings. The molecule has 2 aliphatic heterocycles. The quantitative estimate of drug-likeness (QED) is 0.781. The molecule has 0 saturated carbocycles. The SMILES string of the molecule is CN(C)c1ccc(/C=C2/SC(N3CCOCC3)=NC2=O)cc1. The molecule has 116 valence electrons. The molecular formula is C16H19N3O2S. The van der Waals surface area contributed by atoms with Gasteiger partial charge >= 0.3 is 0 Å². The minimum Gasteiger partial charge on any atom is -0.378 e. The molecule has 0 atom stereocenters. The first-order valence-electron chi connectivity index (χ1n) is 7.26. The maximum Gasteiger partial charge on any atom is 0.286 e. The van der Waals surface area contributed by atoms with Gasteiger partial charge in [0.05, 0.1) is 18.1 Å². The van der Waals surface area contributed by atoms with Crippen molar-refractivity contribution in [1.82, 2.24) is 4.90 Å².